The zero-order valence-corrected chi connectivity index (χ0v) is 12.3. The van der Waals surface area contributed by atoms with Crippen molar-refractivity contribution in [1.82, 2.24) is 0 Å². The first-order chi connectivity index (χ1) is 9.67. The smallest absolute Gasteiger partial charge is 0.337 e. The second-order valence-corrected chi connectivity index (χ2v) is 5.27. The van der Waals surface area contributed by atoms with Gasteiger partial charge in [0, 0.05) is 18.7 Å². The fourth-order valence-electron chi connectivity index (χ4n) is 3.07. The molecule has 0 heterocycles. The molecule has 0 bridgehead atoms. The first-order valence-electron chi connectivity index (χ1n) is 7.35. The zero-order valence-electron chi connectivity index (χ0n) is 12.3. The number of carboxylic acids is 1. The maximum atomic E-state index is 11.5. The number of aromatic carboxylic acids is 1. The lowest BCUT2D eigenvalue weighted by Gasteiger charge is -2.36. The number of nitrogens with zero attached hydrogens (tertiary/aromatic N) is 1. The van der Waals surface area contributed by atoms with Crippen LogP contribution in [-0.4, -0.2) is 30.8 Å². The van der Waals surface area contributed by atoms with Gasteiger partial charge >= 0.3 is 5.97 Å². The standard InChI is InChI=1S/C16H23NO3/c1-3-17(12-7-5-4-6-8-12)15-11-13(20-2)9-10-14(15)16(18)19/h9-12H,3-8H2,1-2H3,(H,18,19). The van der Waals surface area contributed by atoms with Crippen molar-refractivity contribution < 1.29 is 14.6 Å². The van der Waals surface area contributed by atoms with Crippen molar-refractivity contribution in [3.8, 4) is 5.75 Å². The molecule has 2 rings (SSSR count). The Morgan fingerprint density at radius 3 is 2.60 bits per heavy atom. The number of hydrogen-bond acceptors (Lipinski definition) is 3. The topological polar surface area (TPSA) is 49.8 Å². The Balaban J connectivity index is 2.37. The van der Waals surface area contributed by atoms with E-state index < -0.39 is 5.97 Å². The quantitative estimate of drug-likeness (QED) is 0.894. The molecule has 1 saturated carbocycles. The van der Waals surface area contributed by atoms with Gasteiger partial charge in [-0.05, 0) is 31.9 Å². The van der Waals surface area contributed by atoms with Gasteiger partial charge in [0.25, 0.3) is 0 Å². The van der Waals surface area contributed by atoms with Gasteiger partial charge in [-0.3, -0.25) is 0 Å². The normalized spacial score (nSPS) is 15.9. The zero-order chi connectivity index (χ0) is 14.5. The molecule has 1 N–H and O–H groups in total. The van der Waals surface area contributed by atoms with Crippen LogP contribution in [-0.2, 0) is 0 Å². The van der Waals surface area contributed by atoms with Crippen molar-refractivity contribution in [3.05, 3.63) is 23.8 Å². The lowest BCUT2D eigenvalue weighted by molar-refractivity contribution is 0.0697. The molecule has 0 radical (unpaired) electrons. The van der Waals surface area contributed by atoms with Gasteiger partial charge in [0.15, 0.2) is 0 Å². The minimum atomic E-state index is -0.878. The predicted molar refractivity (Wildman–Crippen MR) is 79.8 cm³/mol. The molecule has 1 aromatic rings. The Morgan fingerprint density at radius 2 is 2.05 bits per heavy atom. The van der Waals surface area contributed by atoms with Gasteiger partial charge in [-0.15, -0.1) is 0 Å². The van der Waals surface area contributed by atoms with Crippen molar-refractivity contribution in [3.63, 3.8) is 0 Å². The van der Waals surface area contributed by atoms with Crippen LogP contribution in [0.15, 0.2) is 18.2 Å². The number of rotatable bonds is 5. The van der Waals surface area contributed by atoms with E-state index in [0.717, 1.165) is 25.1 Å². The van der Waals surface area contributed by atoms with Crippen molar-refractivity contribution >= 4 is 11.7 Å². The number of carboxylic acid groups (broad SMARTS) is 1. The molecule has 0 spiro atoms. The van der Waals surface area contributed by atoms with Gasteiger partial charge in [0.05, 0.1) is 18.4 Å². The summed E-state index contributed by atoms with van der Waals surface area (Å²) in [5.74, 6) is -0.170. The van der Waals surface area contributed by atoms with E-state index in [2.05, 4.69) is 11.8 Å². The van der Waals surface area contributed by atoms with Crippen LogP contribution in [0.25, 0.3) is 0 Å². The average Bonchev–Trinajstić information content (AvgIpc) is 2.48. The number of methoxy groups -OCH3 is 1. The third-order valence-electron chi connectivity index (χ3n) is 4.10. The summed E-state index contributed by atoms with van der Waals surface area (Å²) in [6.45, 7) is 2.90. The Labute approximate surface area is 120 Å². The Hall–Kier alpha value is -1.71. The minimum Gasteiger partial charge on any atom is -0.497 e. The molecule has 1 fully saturated rings. The molecule has 4 heteroatoms. The molecular formula is C16H23NO3. The van der Waals surface area contributed by atoms with E-state index in [1.807, 2.05) is 6.07 Å². The summed E-state index contributed by atoms with van der Waals surface area (Å²) in [5.41, 5.74) is 1.14. The average molecular weight is 277 g/mol. The first-order valence-corrected chi connectivity index (χ1v) is 7.35. The highest BCUT2D eigenvalue weighted by atomic mass is 16.5. The molecule has 0 aliphatic heterocycles. The van der Waals surface area contributed by atoms with E-state index in [9.17, 15) is 9.90 Å². The van der Waals surface area contributed by atoms with Crippen LogP contribution in [0.4, 0.5) is 5.69 Å². The van der Waals surface area contributed by atoms with Crippen molar-refractivity contribution in [1.29, 1.82) is 0 Å². The van der Waals surface area contributed by atoms with E-state index in [4.69, 9.17) is 4.74 Å². The Morgan fingerprint density at radius 1 is 1.35 bits per heavy atom. The Bertz CT molecular complexity index is 467. The molecule has 1 aliphatic rings. The van der Waals surface area contributed by atoms with Gasteiger partial charge in [0.2, 0.25) is 0 Å². The van der Waals surface area contributed by atoms with Crippen LogP contribution >= 0.6 is 0 Å². The van der Waals surface area contributed by atoms with Crippen LogP contribution in [0.5, 0.6) is 5.75 Å². The monoisotopic (exact) mass is 277 g/mol. The maximum Gasteiger partial charge on any atom is 0.337 e. The molecule has 110 valence electrons. The van der Waals surface area contributed by atoms with Gasteiger partial charge < -0.3 is 14.7 Å². The Kier molecular flexibility index (Phi) is 4.88. The third-order valence-corrected chi connectivity index (χ3v) is 4.10. The lowest BCUT2D eigenvalue weighted by atomic mass is 9.93. The fourth-order valence-corrected chi connectivity index (χ4v) is 3.07. The number of benzene rings is 1. The summed E-state index contributed by atoms with van der Waals surface area (Å²) in [6, 6.07) is 5.64. The van der Waals surface area contributed by atoms with Crippen molar-refractivity contribution in [2.24, 2.45) is 0 Å². The number of hydrogen-bond donors (Lipinski definition) is 1. The molecule has 20 heavy (non-hydrogen) atoms. The van der Waals surface area contributed by atoms with E-state index in [-0.39, 0.29) is 0 Å². The van der Waals surface area contributed by atoms with Crippen LogP contribution in [0, 0.1) is 0 Å². The summed E-state index contributed by atoms with van der Waals surface area (Å²) in [4.78, 5) is 13.7. The predicted octanol–water partition coefficient (Wildman–Crippen LogP) is 3.55. The molecule has 0 unspecified atom stereocenters. The largest absolute Gasteiger partial charge is 0.497 e. The summed E-state index contributed by atoms with van der Waals surface area (Å²) in [7, 11) is 1.61. The van der Waals surface area contributed by atoms with E-state index >= 15 is 0 Å². The summed E-state index contributed by atoms with van der Waals surface area (Å²) < 4.78 is 5.25. The SMILES string of the molecule is CCN(c1cc(OC)ccc1C(=O)O)C1CCCCC1. The van der Waals surface area contributed by atoms with E-state index in [0.29, 0.717) is 17.4 Å². The molecule has 1 aliphatic carbocycles. The van der Waals surface area contributed by atoms with Gasteiger partial charge in [-0.25, -0.2) is 4.79 Å². The minimum absolute atomic E-state index is 0.359. The second-order valence-electron chi connectivity index (χ2n) is 5.27. The first kappa shape index (κ1) is 14.7. The number of anilines is 1. The third kappa shape index (κ3) is 3.06. The molecule has 0 saturated heterocycles. The molecule has 0 amide bonds. The second kappa shape index (κ2) is 6.64. The molecular weight excluding hydrogens is 254 g/mol. The van der Waals surface area contributed by atoms with E-state index in [1.54, 1.807) is 19.2 Å². The molecule has 1 aromatic carbocycles. The van der Waals surface area contributed by atoms with Gasteiger partial charge in [-0.1, -0.05) is 19.3 Å². The highest BCUT2D eigenvalue weighted by molar-refractivity contribution is 5.95. The number of ether oxygens (including phenoxy) is 1. The highest BCUT2D eigenvalue weighted by Gasteiger charge is 2.24. The lowest BCUT2D eigenvalue weighted by Crippen LogP contribution is -2.37. The maximum absolute atomic E-state index is 11.5. The summed E-state index contributed by atoms with van der Waals surface area (Å²) in [6.07, 6.45) is 6.03. The van der Waals surface area contributed by atoms with Crippen molar-refractivity contribution in [2.75, 3.05) is 18.6 Å². The molecule has 0 atom stereocenters. The van der Waals surface area contributed by atoms with Crippen LogP contribution in [0.2, 0.25) is 0 Å². The fraction of sp³-hybridized carbons (Fsp3) is 0.562. The van der Waals surface area contributed by atoms with Crippen LogP contribution < -0.4 is 9.64 Å². The van der Waals surface area contributed by atoms with Crippen LogP contribution in [0.3, 0.4) is 0 Å². The molecule has 0 aromatic heterocycles. The summed E-state index contributed by atoms with van der Waals surface area (Å²) >= 11 is 0. The van der Waals surface area contributed by atoms with E-state index in [1.165, 1.54) is 19.3 Å². The van der Waals surface area contributed by atoms with Gasteiger partial charge in [-0.2, -0.15) is 0 Å². The van der Waals surface area contributed by atoms with Crippen molar-refractivity contribution in [2.45, 2.75) is 45.1 Å². The van der Waals surface area contributed by atoms with Gasteiger partial charge in [0.1, 0.15) is 5.75 Å². The molecule has 4 nitrogen and oxygen atoms in total. The number of carbonyl (C=O) groups is 1. The highest BCUT2D eigenvalue weighted by Crippen LogP contribution is 2.32. The van der Waals surface area contributed by atoms with Crippen LogP contribution in [0.1, 0.15) is 49.4 Å². The summed E-state index contributed by atoms with van der Waals surface area (Å²) in [5, 5.41) is 9.40.